The van der Waals surface area contributed by atoms with E-state index in [2.05, 4.69) is 25.2 Å². The van der Waals surface area contributed by atoms with Crippen LogP contribution < -0.4 is 9.80 Å². The van der Waals surface area contributed by atoms with E-state index in [1.807, 2.05) is 6.92 Å². The second kappa shape index (κ2) is 13.0. The van der Waals surface area contributed by atoms with Crippen molar-refractivity contribution in [3.05, 3.63) is 70.1 Å². The highest BCUT2D eigenvalue weighted by Crippen LogP contribution is 2.37. The summed E-state index contributed by atoms with van der Waals surface area (Å²) in [6, 6.07) is 6.58. The summed E-state index contributed by atoms with van der Waals surface area (Å²) in [6.07, 6.45) is -4.91. The maximum Gasteiger partial charge on any atom is 0.416 e. The number of hydrogen-bond acceptors (Lipinski definition) is 5. The zero-order valence-electron chi connectivity index (χ0n) is 22.5. The lowest BCUT2D eigenvalue weighted by molar-refractivity contribution is -0.138. The van der Waals surface area contributed by atoms with Crippen LogP contribution in [0.25, 0.3) is 4.85 Å². The molecule has 0 aliphatic heterocycles. The number of halogens is 7. The Balaban J connectivity index is 0.00000462. The van der Waals surface area contributed by atoms with Gasteiger partial charge in [-0.25, -0.2) is 4.85 Å². The number of aromatic nitrogens is 4. The van der Waals surface area contributed by atoms with Crippen molar-refractivity contribution in [1.82, 2.24) is 20.2 Å². The topological polar surface area (TPSA) is 54.4 Å². The summed E-state index contributed by atoms with van der Waals surface area (Å²) in [5, 5.41) is 12.0. The van der Waals surface area contributed by atoms with Crippen LogP contribution in [0.2, 0.25) is 0 Å². The van der Waals surface area contributed by atoms with Crippen molar-refractivity contribution in [2.24, 2.45) is 13.0 Å². The molecule has 14 heteroatoms. The van der Waals surface area contributed by atoms with E-state index in [0.717, 1.165) is 54.7 Å². The summed E-state index contributed by atoms with van der Waals surface area (Å²) in [5.74, 6) is 0.469. The highest BCUT2D eigenvalue weighted by Gasteiger charge is 2.33. The summed E-state index contributed by atoms with van der Waals surface area (Å²) in [5.41, 5.74) is -0.937. The molecule has 0 atom stereocenters. The molecule has 0 bridgehead atoms. The molecule has 1 aliphatic carbocycles. The number of nitrogens with zero attached hydrogens (tertiary/aromatic N) is 7. The quantitative estimate of drug-likeness (QED) is 0.188. The standard InChI is InChI=1S/C27H29F6N7.ClH/c1-4-39(15-18-7-5-6-8-18)24-10-9-21(26(28,29)30)13-20(24)17-40(25-35-37-38(3)36-25)16-19-11-22(27(31,32)33)14-23(12-19)34-2;/h9-14,18H,4-8,15-17H2,1,3H3;1H. The highest BCUT2D eigenvalue weighted by atomic mass is 35.5. The molecule has 1 aromatic heterocycles. The Morgan fingerprint density at radius 3 is 2.20 bits per heavy atom. The molecule has 4 rings (SSSR count). The fourth-order valence-electron chi connectivity index (χ4n) is 5.12. The van der Waals surface area contributed by atoms with E-state index >= 15 is 0 Å². The third kappa shape index (κ3) is 8.03. The largest absolute Gasteiger partial charge is 0.416 e. The van der Waals surface area contributed by atoms with Crippen LogP contribution in [0.4, 0.5) is 43.7 Å². The van der Waals surface area contributed by atoms with Gasteiger partial charge in [-0.2, -0.15) is 31.1 Å². The second-order valence-electron chi connectivity index (χ2n) is 9.96. The predicted octanol–water partition coefficient (Wildman–Crippen LogP) is 7.44. The lowest BCUT2D eigenvalue weighted by Gasteiger charge is -2.31. The van der Waals surface area contributed by atoms with Gasteiger partial charge in [0.1, 0.15) is 0 Å². The minimum atomic E-state index is -4.68. The molecule has 0 saturated heterocycles. The van der Waals surface area contributed by atoms with Gasteiger partial charge in [-0.15, -0.1) is 17.5 Å². The van der Waals surface area contributed by atoms with Crippen molar-refractivity contribution in [3.8, 4) is 0 Å². The van der Waals surface area contributed by atoms with Crippen LogP contribution in [-0.2, 0) is 32.5 Å². The zero-order valence-corrected chi connectivity index (χ0v) is 23.3. The SMILES string of the molecule is Cl.[C-]#[N+]c1cc(CN(Cc2cc(C(F)(F)F)ccc2N(CC)CC2CCCC2)c2nnn(C)n2)cc(C(F)(F)F)c1. The molecular weight excluding hydrogens is 572 g/mol. The molecule has 2 aromatic carbocycles. The summed E-state index contributed by atoms with van der Waals surface area (Å²) in [7, 11) is 1.51. The average molecular weight is 602 g/mol. The summed E-state index contributed by atoms with van der Waals surface area (Å²) < 4.78 is 81.9. The number of alkyl halides is 6. The summed E-state index contributed by atoms with van der Waals surface area (Å²) in [4.78, 5) is 7.84. The second-order valence-corrected chi connectivity index (χ2v) is 9.96. The molecule has 0 unspecified atom stereocenters. The minimum Gasteiger partial charge on any atom is -0.371 e. The molecular formula is C27H30ClF6N7. The highest BCUT2D eigenvalue weighted by molar-refractivity contribution is 5.85. The average Bonchev–Trinajstić information content (AvgIpc) is 3.57. The first-order valence-electron chi connectivity index (χ1n) is 12.9. The first kappa shape index (κ1) is 32.0. The van der Waals surface area contributed by atoms with Crippen LogP contribution in [0.1, 0.15) is 54.9 Å². The minimum absolute atomic E-state index is 0. The number of tetrazole rings is 1. The summed E-state index contributed by atoms with van der Waals surface area (Å²) >= 11 is 0. The number of anilines is 2. The molecule has 0 N–H and O–H groups in total. The molecule has 1 saturated carbocycles. The monoisotopic (exact) mass is 601 g/mol. The van der Waals surface area contributed by atoms with Crippen LogP contribution in [0.5, 0.6) is 0 Å². The van der Waals surface area contributed by atoms with Gasteiger partial charge in [0.15, 0.2) is 5.69 Å². The lowest BCUT2D eigenvalue weighted by Crippen LogP contribution is -2.31. The molecule has 0 radical (unpaired) electrons. The molecule has 7 nitrogen and oxygen atoms in total. The van der Waals surface area contributed by atoms with Gasteiger partial charge in [0.2, 0.25) is 0 Å². The van der Waals surface area contributed by atoms with E-state index in [9.17, 15) is 26.3 Å². The Hall–Kier alpha value is -3.53. The van der Waals surface area contributed by atoms with Crippen LogP contribution in [-0.4, -0.2) is 33.3 Å². The van der Waals surface area contributed by atoms with Crippen molar-refractivity contribution in [2.45, 2.75) is 58.0 Å². The first-order chi connectivity index (χ1) is 18.9. The molecule has 0 amide bonds. The third-order valence-electron chi connectivity index (χ3n) is 7.03. The van der Waals surface area contributed by atoms with Crippen LogP contribution in [0.15, 0.2) is 36.4 Å². The van der Waals surface area contributed by atoms with Crippen LogP contribution in [0, 0.1) is 12.5 Å². The Bertz CT molecular complexity index is 1360. The zero-order chi connectivity index (χ0) is 29.1. The van der Waals surface area contributed by atoms with E-state index in [4.69, 9.17) is 6.57 Å². The number of aryl methyl sites for hydroxylation is 1. The number of hydrogen-bond donors (Lipinski definition) is 0. The van der Waals surface area contributed by atoms with Gasteiger partial charge in [0, 0.05) is 37.4 Å². The van der Waals surface area contributed by atoms with Gasteiger partial charge in [0.05, 0.1) is 19.2 Å². The Morgan fingerprint density at radius 2 is 1.63 bits per heavy atom. The molecule has 3 aromatic rings. The van der Waals surface area contributed by atoms with Crippen LogP contribution in [0.3, 0.4) is 0 Å². The van der Waals surface area contributed by atoms with Crippen molar-refractivity contribution < 1.29 is 26.3 Å². The number of rotatable bonds is 9. The third-order valence-corrected chi connectivity index (χ3v) is 7.03. The smallest absolute Gasteiger partial charge is 0.371 e. The predicted molar refractivity (Wildman–Crippen MR) is 145 cm³/mol. The van der Waals surface area contributed by atoms with Gasteiger partial charge < -0.3 is 9.80 Å². The van der Waals surface area contributed by atoms with Gasteiger partial charge in [-0.05, 0) is 72.4 Å². The fourth-order valence-corrected chi connectivity index (χ4v) is 5.12. The van der Waals surface area contributed by atoms with Gasteiger partial charge in [-0.1, -0.05) is 24.0 Å². The van der Waals surface area contributed by atoms with Gasteiger partial charge in [0.25, 0.3) is 5.95 Å². The Labute approximate surface area is 240 Å². The lowest BCUT2D eigenvalue weighted by atomic mass is 10.0. The van der Waals surface area contributed by atoms with Crippen molar-refractivity contribution in [1.29, 1.82) is 0 Å². The summed E-state index contributed by atoms with van der Waals surface area (Å²) in [6.45, 7) is 10.1. The van der Waals surface area contributed by atoms with Crippen LogP contribution >= 0.6 is 12.4 Å². The van der Waals surface area contributed by atoms with Crippen molar-refractivity contribution in [2.75, 3.05) is 22.9 Å². The van der Waals surface area contributed by atoms with E-state index in [0.29, 0.717) is 30.3 Å². The number of benzene rings is 2. The van der Waals surface area contributed by atoms with Crippen molar-refractivity contribution in [3.63, 3.8) is 0 Å². The molecule has 1 fully saturated rings. The molecule has 1 aliphatic rings. The Morgan fingerprint density at radius 1 is 0.951 bits per heavy atom. The van der Waals surface area contributed by atoms with E-state index in [-0.39, 0.29) is 42.7 Å². The van der Waals surface area contributed by atoms with Gasteiger partial charge >= 0.3 is 12.4 Å². The molecule has 0 spiro atoms. The maximum absolute atomic E-state index is 13.8. The normalized spacial score (nSPS) is 14.0. The van der Waals surface area contributed by atoms with Crippen molar-refractivity contribution >= 4 is 29.7 Å². The molecule has 41 heavy (non-hydrogen) atoms. The molecule has 1 heterocycles. The van der Waals surface area contributed by atoms with E-state index < -0.39 is 23.5 Å². The Kier molecular flexibility index (Phi) is 10.1. The first-order valence-corrected chi connectivity index (χ1v) is 12.9. The van der Waals surface area contributed by atoms with E-state index in [1.54, 1.807) is 0 Å². The molecule has 222 valence electrons. The van der Waals surface area contributed by atoms with E-state index in [1.165, 1.54) is 24.1 Å². The van der Waals surface area contributed by atoms with Gasteiger partial charge in [-0.3, -0.25) is 0 Å². The maximum atomic E-state index is 13.8. The fraction of sp³-hybridized carbons (Fsp3) is 0.481.